The Hall–Kier alpha value is -0.900. The molecule has 1 aliphatic rings. The van der Waals surface area contributed by atoms with Gasteiger partial charge >= 0.3 is 0 Å². The van der Waals surface area contributed by atoms with Crippen LogP contribution in [0.2, 0.25) is 0 Å². The second-order valence-electron chi connectivity index (χ2n) is 6.77. The summed E-state index contributed by atoms with van der Waals surface area (Å²) in [4.78, 5) is 0. The maximum atomic E-state index is 9.37. The molecule has 0 aliphatic heterocycles. The highest BCUT2D eigenvalue weighted by atomic mass is 16.5. The smallest absolute Gasteiger partial charge is 0.0611 e. The lowest BCUT2D eigenvalue weighted by Gasteiger charge is -2.21. The predicted octanol–water partition coefficient (Wildman–Crippen LogP) is 3.39. The third-order valence-corrected chi connectivity index (χ3v) is 4.76. The Bertz CT molecular complexity index is 432. The zero-order valence-corrected chi connectivity index (χ0v) is 13.9. The molecule has 2 rings (SSSR count). The van der Waals surface area contributed by atoms with Gasteiger partial charge in [0.1, 0.15) is 0 Å². The van der Waals surface area contributed by atoms with E-state index in [-0.39, 0.29) is 12.1 Å². The molecule has 0 radical (unpaired) electrons. The molecule has 3 N–H and O–H groups in total. The maximum Gasteiger partial charge on any atom is 0.0611 e. The molecule has 124 valence electrons. The SMILES string of the molecule is CCCOCCCCc1ccc([C@@H]2CC[C@@](N)(CO)C2)cc1. The van der Waals surface area contributed by atoms with E-state index in [1.165, 1.54) is 17.5 Å². The van der Waals surface area contributed by atoms with Crippen molar-refractivity contribution in [2.75, 3.05) is 19.8 Å². The lowest BCUT2D eigenvalue weighted by molar-refractivity contribution is 0.131. The Labute approximate surface area is 134 Å². The van der Waals surface area contributed by atoms with Gasteiger partial charge in [0.15, 0.2) is 0 Å². The van der Waals surface area contributed by atoms with Crippen LogP contribution in [0.15, 0.2) is 24.3 Å². The number of aliphatic hydroxyl groups excluding tert-OH is 1. The molecule has 3 nitrogen and oxygen atoms in total. The van der Waals surface area contributed by atoms with E-state index >= 15 is 0 Å². The summed E-state index contributed by atoms with van der Waals surface area (Å²) in [6, 6.07) is 8.99. The van der Waals surface area contributed by atoms with Crippen molar-refractivity contribution in [3.8, 4) is 0 Å². The van der Waals surface area contributed by atoms with Crippen molar-refractivity contribution in [2.24, 2.45) is 5.73 Å². The average molecular weight is 305 g/mol. The van der Waals surface area contributed by atoms with Crippen LogP contribution >= 0.6 is 0 Å². The average Bonchev–Trinajstić information content (AvgIpc) is 2.94. The van der Waals surface area contributed by atoms with Gasteiger partial charge < -0.3 is 15.6 Å². The fourth-order valence-electron chi connectivity index (χ4n) is 3.32. The molecule has 0 spiro atoms. The molecule has 0 unspecified atom stereocenters. The van der Waals surface area contributed by atoms with Crippen LogP contribution in [0.1, 0.15) is 62.5 Å². The molecular weight excluding hydrogens is 274 g/mol. The number of nitrogens with two attached hydrogens (primary N) is 1. The van der Waals surface area contributed by atoms with E-state index in [2.05, 4.69) is 31.2 Å². The third-order valence-electron chi connectivity index (χ3n) is 4.76. The van der Waals surface area contributed by atoms with Crippen LogP contribution in [-0.4, -0.2) is 30.5 Å². The second kappa shape index (κ2) is 8.66. The number of hydrogen-bond acceptors (Lipinski definition) is 3. The highest BCUT2D eigenvalue weighted by Crippen LogP contribution is 2.39. The van der Waals surface area contributed by atoms with E-state index in [9.17, 15) is 5.11 Å². The molecule has 1 saturated carbocycles. The third kappa shape index (κ3) is 5.08. The van der Waals surface area contributed by atoms with Gasteiger partial charge in [-0.15, -0.1) is 0 Å². The van der Waals surface area contributed by atoms with Gasteiger partial charge in [0, 0.05) is 18.8 Å². The van der Waals surface area contributed by atoms with Crippen molar-refractivity contribution in [1.82, 2.24) is 0 Å². The monoisotopic (exact) mass is 305 g/mol. The summed E-state index contributed by atoms with van der Waals surface area (Å²) >= 11 is 0. The first-order valence-corrected chi connectivity index (χ1v) is 8.73. The summed E-state index contributed by atoms with van der Waals surface area (Å²) in [5.74, 6) is 0.508. The van der Waals surface area contributed by atoms with Crippen molar-refractivity contribution in [3.63, 3.8) is 0 Å². The van der Waals surface area contributed by atoms with Crippen molar-refractivity contribution in [1.29, 1.82) is 0 Å². The molecule has 1 aromatic carbocycles. The summed E-state index contributed by atoms with van der Waals surface area (Å²) in [5.41, 5.74) is 8.58. The molecule has 1 aromatic rings. The number of benzene rings is 1. The quantitative estimate of drug-likeness (QED) is 0.688. The first-order valence-electron chi connectivity index (χ1n) is 8.73. The zero-order chi connectivity index (χ0) is 15.8. The van der Waals surface area contributed by atoms with Gasteiger partial charge in [0.25, 0.3) is 0 Å². The van der Waals surface area contributed by atoms with Crippen LogP contribution in [-0.2, 0) is 11.2 Å². The largest absolute Gasteiger partial charge is 0.394 e. The van der Waals surface area contributed by atoms with Crippen LogP contribution in [0.5, 0.6) is 0 Å². The number of aliphatic hydroxyl groups is 1. The Kier molecular flexibility index (Phi) is 6.87. The van der Waals surface area contributed by atoms with Gasteiger partial charge in [-0.1, -0.05) is 31.2 Å². The van der Waals surface area contributed by atoms with Crippen LogP contribution in [0.4, 0.5) is 0 Å². The summed E-state index contributed by atoms with van der Waals surface area (Å²) in [6.07, 6.45) is 7.46. The number of hydrogen-bond donors (Lipinski definition) is 2. The van der Waals surface area contributed by atoms with Crippen LogP contribution in [0.3, 0.4) is 0 Å². The Morgan fingerprint density at radius 3 is 2.64 bits per heavy atom. The van der Waals surface area contributed by atoms with Crippen molar-refractivity contribution < 1.29 is 9.84 Å². The molecule has 0 amide bonds. The van der Waals surface area contributed by atoms with Crippen molar-refractivity contribution in [3.05, 3.63) is 35.4 Å². The van der Waals surface area contributed by atoms with Crippen LogP contribution < -0.4 is 5.73 Å². The van der Waals surface area contributed by atoms with Gasteiger partial charge in [0.05, 0.1) is 6.61 Å². The lowest BCUT2D eigenvalue weighted by Crippen LogP contribution is -2.40. The van der Waals surface area contributed by atoms with E-state index in [0.29, 0.717) is 5.92 Å². The molecule has 3 heteroatoms. The van der Waals surface area contributed by atoms with Crippen LogP contribution in [0.25, 0.3) is 0 Å². The highest BCUT2D eigenvalue weighted by molar-refractivity contribution is 5.27. The van der Waals surface area contributed by atoms with Gasteiger partial charge in [-0.2, -0.15) is 0 Å². The van der Waals surface area contributed by atoms with E-state index in [0.717, 1.165) is 51.7 Å². The minimum Gasteiger partial charge on any atom is -0.394 e. The molecule has 0 heterocycles. The van der Waals surface area contributed by atoms with Crippen LogP contribution in [0, 0.1) is 0 Å². The molecule has 0 bridgehead atoms. The second-order valence-corrected chi connectivity index (χ2v) is 6.77. The van der Waals surface area contributed by atoms with Gasteiger partial charge in [-0.25, -0.2) is 0 Å². The van der Waals surface area contributed by atoms with E-state index in [1.54, 1.807) is 0 Å². The molecule has 1 aliphatic carbocycles. The standard InChI is InChI=1S/C19H31NO2/c1-2-12-22-13-4-3-5-16-6-8-17(9-7-16)18-10-11-19(20,14-18)15-21/h6-9,18,21H,2-5,10-15,20H2,1H3/t18-,19+/m1/s1. The number of unbranched alkanes of at least 4 members (excludes halogenated alkanes) is 1. The first kappa shape index (κ1) is 17.5. The summed E-state index contributed by atoms with van der Waals surface area (Å²) < 4.78 is 5.51. The summed E-state index contributed by atoms with van der Waals surface area (Å²) in [6.45, 7) is 4.00. The van der Waals surface area contributed by atoms with Gasteiger partial charge in [-0.3, -0.25) is 0 Å². The van der Waals surface area contributed by atoms with Crippen molar-refractivity contribution in [2.45, 2.75) is 63.3 Å². The molecule has 0 saturated heterocycles. The highest BCUT2D eigenvalue weighted by Gasteiger charge is 2.35. The molecule has 1 fully saturated rings. The fraction of sp³-hybridized carbons (Fsp3) is 0.684. The predicted molar refractivity (Wildman–Crippen MR) is 91.1 cm³/mol. The van der Waals surface area contributed by atoms with E-state index in [4.69, 9.17) is 10.5 Å². The first-order chi connectivity index (χ1) is 10.7. The normalized spacial score (nSPS) is 24.8. The molecule has 22 heavy (non-hydrogen) atoms. The van der Waals surface area contributed by atoms with Crippen molar-refractivity contribution >= 4 is 0 Å². The minimum absolute atomic E-state index is 0.0989. The molecule has 0 aromatic heterocycles. The van der Waals surface area contributed by atoms with E-state index in [1.807, 2.05) is 0 Å². The Morgan fingerprint density at radius 1 is 1.23 bits per heavy atom. The summed E-state index contributed by atoms with van der Waals surface area (Å²) in [7, 11) is 0. The lowest BCUT2D eigenvalue weighted by atomic mass is 9.92. The Morgan fingerprint density at radius 2 is 2.00 bits per heavy atom. The zero-order valence-electron chi connectivity index (χ0n) is 13.9. The topological polar surface area (TPSA) is 55.5 Å². The van der Waals surface area contributed by atoms with E-state index < -0.39 is 0 Å². The fourth-order valence-corrected chi connectivity index (χ4v) is 3.32. The summed E-state index contributed by atoms with van der Waals surface area (Å²) in [5, 5.41) is 9.37. The Balaban J connectivity index is 1.74. The number of rotatable bonds is 9. The van der Waals surface area contributed by atoms with Gasteiger partial charge in [-0.05, 0) is 62.0 Å². The number of ether oxygens (including phenoxy) is 1. The molecular formula is C19H31NO2. The maximum absolute atomic E-state index is 9.37. The minimum atomic E-state index is -0.359. The van der Waals surface area contributed by atoms with Gasteiger partial charge in [0.2, 0.25) is 0 Å². The molecule has 2 atom stereocenters. The number of aryl methyl sites for hydroxylation is 1.